The molecule has 0 bridgehead atoms. The number of carbonyl (C=O) groups excluding carboxylic acids is 1. The highest BCUT2D eigenvalue weighted by atomic mass is 35.5. The largest absolute Gasteiger partial charge is 0.368 e. The van der Waals surface area contributed by atoms with E-state index in [-0.39, 0.29) is 17.9 Å². The minimum Gasteiger partial charge on any atom is -0.368 e. The normalized spacial score (nSPS) is 19.1. The Kier molecular flexibility index (Phi) is 7.08. The Labute approximate surface area is 210 Å². The van der Waals surface area contributed by atoms with Crippen LogP contribution in [0.25, 0.3) is 11.1 Å². The summed E-state index contributed by atoms with van der Waals surface area (Å²) in [4.78, 5) is 35.4. The average molecular weight is 492 g/mol. The predicted octanol–water partition coefficient (Wildman–Crippen LogP) is 4.53. The van der Waals surface area contributed by atoms with Crippen molar-refractivity contribution >= 4 is 29.4 Å². The van der Waals surface area contributed by atoms with Gasteiger partial charge in [0.15, 0.2) is 0 Å². The maximum Gasteiger partial charge on any atom is 0.225 e. The number of benzene rings is 1. The standard InChI is InChI=1S/C26H30ClN7O/c27-20-7-5-19(6-8-20)21-17-31-25(28)32-24(21)22-4-1-2-13-34(22)23(35)16-18-9-14-33(15-10-18)26-29-11-3-12-30-26/h3,5-8,11-12,17-18,22H,1-2,4,9-10,13-16H2,(H2,28,31,32)/t22-/m0/s1. The highest BCUT2D eigenvalue weighted by Gasteiger charge is 2.33. The third kappa shape index (κ3) is 5.37. The molecule has 2 aliphatic heterocycles. The van der Waals surface area contributed by atoms with Crippen LogP contribution in [0.4, 0.5) is 11.9 Å². The van der Waals surface area contributed by atoms with Gasteiger partial charge in [-0.1, -0.05) is 23.7 Å². The molecule has 9 heteroatoms. The first-order valence-corrected chi connectivity index (χ1v) is 12.7. The number of nitrogens with two attached hydrogens (primary N) is 1. The third-order valence-corrected chi connectivity index (χ3v) is 7.30. The van der Waals surface area contributed by atoms with Gasteiger partial charge in [0, 0.05) is 55.2 Å². The minimum atomic E-state index is -0.106. The van der Waals surface area contributed by atoms with Crippen molar-refractivity contribution in [2.45, 2.75) is 44.6 Å². The van der Waals surface area contributed by atoms with Gasteiger partial charge in [0.25, 0.3) is 0 Å². The van der Waals surface area contributed by atoms with Crippen molar-refractivity contribution in [3.05, 3.63) is 59.6 Å². The van der Waals surface area contributed by atoms with Crippen molar-refractivity contribution in [2.75, 3.05) is 30.3 Å². The van der Waals surface area contributed by atoms with Crippen molar-refractivity contribution in [3.8, 4) is 11.1 Å². The van der Waals surface area contributed by atoms with Crippen LogP contribution in [-0.4, -0.2) is 50.4 Å². The molecular formula is C26H30ClN7O. The number of halogens is 1. The fraction of sp³-hybridized carbons (Fsp3) is 0.423. The zero-order chi connectivity index (χ0) is 24.2. The van der Waals surface area contributed by atoms with E-state index < -0.39 is 0 Å². The Bertz CT molecular complexity index is 1150. The monoisotopic (exact) mass is 491 g/mol. The summed E-state index contributed by atoms with van der Waals surface area (Å²) in [5.74, 6) is 1.55. The molecule has 35 heavy (non-hydrogen) atoms. The van der Waals surface area contributed by atoms with E-state index in [9.17, 15) is 4.79 Å². The second kappa shape index (κ2) is 10.6. The molecule has 8 nitrogen and oxygen atoms in total. The number of carbonyl (C=O) groups is 1. The topological polar surface area (TPSA) is 101 Å². The van der Waals surface area contributed by atoms with E-state index in [4.69, 9.17) is 17.3 Å². The molecule has 5 rings (SSSR count). The van der Waals surface area contributed by atoms with Gasteiger partial charge in [0.2, 0.25) is 17.8 Å². The number of anilines is 2. The smallest absolute Gasteiger partial charge is 0.225 e. The Morgan fingerprint density at radius 3 is 2.49 bits per heavy atom. The maximum absolute atomic E-state index is 13.6. The summed E-state index contributed by atoms with van der Waals surface area (Å²) >= 11 is 6.10. The quantitative estimate of drug-likeness (QED) is 0.559. The highest BCUT2D eigenvalue weighted by molar-refractivity contribution is 6.30. The molecule has 0 spiro atoms. The summed E-state index contributed by atoms with van der Waals surface area (Å²) in [5.41, 5.74) is 8.70. The summed E-state index contributed by atoms with van der Waals surface area (Å²) in [6.45, 7) is 2.48. The van der Waals surface area contributed by atoms with Crippen molar-refractivity contribution in [2.24, 2.45) is 5.92 Å². The number of rotatable bonds is 5. The Morgan fingerprint density at radius 1 is 1.00 bits per heavy atom. The molecule has 0 saturated carbocycles. The predicted molar refractivity (Wildman–Crippen MR) is 137 cm³/mol. The summed E-state index contributed by atoms with van der Waals surface area (Å²) in [6, 6.07) is 9.35. The number of piperidine rings is 2. The number of hydrogen-bond donors (Lipinski definition) is 1. The van der Waals surface area contributed by atoms with Crippen LogP contribution in [0.15, 0.2) is 48.9 Å². The number of nitrogens with zero attached hydrogens (tertiary/aromatic N) is 6. The van der Waals surface area contributed by atoms with Crippen molar-refractivity contribution in [1.29, 1.82) is 0 Å². The van der Waals surface area contributed by atoms with Crippen LogP contribution in [0.1, 0.15) is 50.3 Å². The van der Waals surface area contributed by atoms with E-state index >= 15 is 0 Å². The Hall–Kier alpha value is -3.26. The molecule has 1 amide bonds. The van der Waals surface area contributed by atoms with Gasteiger partial charge in [-0.3, -0.25) is 4.79 Å². The van der Waals surface area contributed by atoms with Gasteiger partial charge in [-0.15, -0.1) is 0 Å². The van der Waals surface area contributed by atoms with Gasteiger partial charge in [-0.05, 0) is 61.8 Å². The average Bonchev–Trinajstić information content (AvgIpc) is 2.90. The third-order valence-electron chi connectivity index (χ3n) is 7.04. The van der Waals surface area contributed by atoms with Crippen LogP contribution in [0.3, 0.4) is 0 Å². The van der Waals surface area contributed by atoms with E-state index in [0.29, 0.717) is 17.4 Å². The van der Waals surface area contributed by atoms with Gasteiger partial charge in [-0.2, -0.15) is 0 Å². The lowest BCUT2D eigenvalue weighted by Crippen LogP contribution is -2.41. The molecule has 0 unspecified atom stereocenters. The summed E-state index contributed by atoms with van der Waals surface area (Å²) in [5, 5.41) is 0.672. The van der Waals surface area contributed by atoms with E-state index in [1.165, 1.54) is 0 Å². The SMILES string of the molecule is Nc1ncc(-c2ccc(Cl)cc2)c([C@@H]2CCCCN2C(=O)CC2CCN(c3ncccn3)CC2)n1. The van der Waals surface area contributed by atoms with Crippen LogP contribution >= 0.6 is 11.6 Å². The zero-order valence-corrected chi connectivity index (χ0v) is 20.4. The van der Waals surface area contributed by atoms with E-state index in [1.807, 2.05) is 35.2 Å². The number of amides is 1. The van der Waals surface area contributed by atoms with Crippen LogP contribution in [-0.2, 0) is 4.79 Å². The lowest BCUT2D eigenvalue weighted by Gasteiger charge is -2.38. The van der Waals surface area contributed by atoms with E-state index in [1.54, 1.807) is 18.6 Å². The fourth-order valence-electron chi connectivity index (χ4n) is 5.19. The maximum atomic E-state index is 13.6. The first-order chi connectivity index (χ1) is 17.1. The lowest BCUT2D eigenvalue weighted by atomic mass is 9.90. The molecule has 2 saturated heterocycles. The molecule has 2 N–H and O–H groups in total. The fourth-order valence-corrected chi connectivity index (χ4v) is 5.31. The highest BCUT2D eigenvalue weighted by Crippen LogP contribution is 2.37. The number of aromatic nitrogens is 4. The first kappa shape index (κ1) is 23.5. The Morgan fingerprint density at radius 2 is 1.74 bits per heavy atom. The van der Waals surface area contributed by atoms with E-state index in [0.717, 1.165) is 74.5 Å². The molecule has 2 fully saturated rings. The molecule has 0 aliphatic carbocycles. The summed E-state index contributed by atoms with van der Waals surface area (Å²) in [6.07, 6.45) is 10.7. The molecule has 3 aromatic rings. The van der Waals surface area contributed by atoms with Gasteiger partial charge in [-0.25, -0.2) is 19.9 Å². The van der Waals surface area contributed by atoms with Gasteiger partial charge in [0.05, 0.1) is 11.7 Å². The van der Waals surface area contributed by atoms with Crippen LogP contribution in [0, 0.1) is 5.92 Å². The summed E-state index contributed by atoms with van der Waals surface area (Å²) in [7, 11) is 0. The van der Waals surface area contributed by atoms with E-state index in [2.05, 4.69) is 24.8 Å². The molecule has 1 atom stereocenters. The molecule has 182 valence electrons. The van der Waals surface area contributed by atoms with Crippen LogP contribution in [0.2, 0.25) is 5.02 Å². The first-order valence-electron chi connectivity index (χ1n) is 12.3. The molecule has 4 heterocycles. The second-order valence-corrected chi connectivity index (χ2v) is 9.75. The Balaban J connectivity index is 1.31. The van der Waals surface area contributed by atoms with Gasteiger partial charge >= 0.3 is 0 Å². The van der Waals surface area contributed by atoms with Crippen molar-refractivity contribution in [1.82, 2.24) is 24.8 Å². The van der Waals surface area contributed by atoms with Gasteiger partial charge < -0.3 is 15.5 Å². The molecule has 2 aliphatic rings. The van der Waals surface area contributed by atoms with Crippen molar-refractivity contribution < 1.29 is 4.79 Å². The minimum absolute atomic E-state index is 0.106. The number of likely N-dealkylation sites (tertiary alicyclic amines) is 1. The molecular weight excluding hydrogens is 462 g/mol. The lowest BCUT2D eigenvalue weighted by molar-refractivity contribution is -0.136. The number of nitrogen functional groups attached to an aromatic ring is 1. The summed E-state index contributed by atoms with van der Waals surface area (Å²) < 4.78 is 0. The zero-order valence-electron chi connectivity index (χ0n) is 19.7. The van der Waals surface area contributed by atoms with Crippen LogP contribution < -0.4 is 10.6 Å². The van der Waals surface area contributed by atoms with Crippen molar-refractivity contribution in [3.63, 3.8) is 0 Å². The van der Waals surface area contributed by atoms with Crippen LogP contribution in [0.5, 0.6) is 0 Å². The molecule has 0 radical (unpaired) electrons. The number of hydrogen-bond acceptors (Lipinski definition) is 7. The second-order valence-electron chi connectivity index (χ2n) is 9.32. The molecule has 2 aromatic heterocycles. The van der Waals surface area contributed by atoms with Gasteiger partial charge in [0.1, 0.15) is 0 Å². The molecule has 1 aromatic carbocycles.